The molecule has 0 bridgehead atoms. The first kappa shape index (κ1) is 16.1. The first-order valence-electron chi connectivity index (χ1n) is 7.18. The van der Waals surface area contributed by atoms with Crippen molar-refractivity contribution >= 4 is 24.0 Å². The highest BCUT2D eigenvalue weighted by atomic mass is 35.5. The van der Waals surface area contributed by atoms with Crippen LogP contribution in [0.15, 0.2) is 18.2 Å². The van der Waals surface area contributed by atoms with Crippen molar-refractivity contribution in [1.29, 1.82) is 0 Å². The number of carbonyl (C=O) groups is 1. The van der Waals surface area contributed by atoms with E-state index in [1.165, 1.54) is 0 Å². The number of benzene rings is 1. The van der Waals surface area contributed by atoms with Crippen molar-refractivity contribution in [2.75, 3.05) is 31.7 Å². The zero-order valence-electron chi connectivity index (χ0n) is 11.9. The van der Waals surface area contributed by atoms with Crippen LogP contribution in [-0.4, -0.2) is 32.3 Å². The average Bonchev–Trinajstić information content (AvgIpc) is 2.73. The van der Waals surface area contributed by atoms with Crippen molar-refractivity contribution in [3.05, 3.63) is 23.8 Å². The van der Waals surface area contributed by atoms with Crippen LogP contribution >= 0.6 is 12.4 Å². The Labute approximate surface area is 130 Å². The average molecular weight is 313 g/mol. The van der Waals surface area contributed by atoms with E-state index in [1.54, 1.807) is 0 Å². The van der Waals surface area contributed by atoms with Crippen LogP contribution in [-0.2, 0) is 16.1 Å². The molecule has 2 aliphatic rings. The number of fused-ring (bicyclic) bond motifs is 1. The lowest BCUT2D eigenvalue weighted by molar-refractivity contribution is -0.123. The maximum Gasteiger partial charge on any atom is 0.229 e. The summed E-state index contributed by atoms with van der Waals surface area (Å²) >= 11 is 0. The smallest absolute Gasteiger partial charge is 0.229 e. The first-order chi connectivity index (χ1) is 9.83. The standard InChI is InChI=1S/C15H20N2O3.ClH/c18-15(11-2-1-6-19-10-11)17-13-3-4-14-12(8-13)9-16-5-7-20-14;/h3-4,8,11,16H,1-2,5-7,9-10H2,(H,17,18);1H. The molecule has 2 N–H and O–H groups in total. The monoisotopic (exact) mass is 312 g/mol. The molecule has 1 amide bonds. The number of nitrogens with one attached hydrogen (secondary N) is 2. The summed E-state index contributed by atoms with van der Waals surface area (Å²) in [5.41, 5.74) is 1.91. The van der Waals surface area contributed by atoms with E-state index >= 15 is 0 Å². The molecule has 1 aromatic carbocycles. The number of carbonyl (C=O) groups excluding carboxylic acids is 1. The summed E-state index contributed by atoms with van der Waals surface area (Å²) in [6.45, 7) is 3.59. The lowest BCUT2D eigenvalue weighted by atomic mass is 10.0. The van der Waals surface area contributed by atoms with Crippen molar-refractivity contribution in [2.45, 2.75) is 19.4 Å². The van der Waals surface area contributed by atoms with E-state index in [2.05, 4.69) is 10.6 Å². The summed E-state index contributed by atoms with van der Waals surface area (Å²) in [5.74, 6) is 0.915. The predicted octanol–water partition coefficient (Wildman–Crippen LogP) is 1.96. The zero-order chi connectivity index (χ0) is 13.8. The van der Waals surface area contributed by atoms with Gasteiger partial charge in [-0.2, -0.15) is 0 Å². The highest BCUT2D eigenvalue weighted by Crippen LogP contribution is 2.25. The molecule has 1 saturated heterocycles. The normalized spacial score (nSPS) is 21.2. The number of rotatable bonds is 2. The van der Waals surface area contributed by atoms with E-state index in [0.29, 0.717) is 13.2 Å². The Kier molecular flexibility index (Phi) is 5.85. The van der Waals surface area contributed by atoms with Gasteiger partial charge in [-0.3, -0.25) is 4.79 Å². The molecular formula is C15H21ClN2O3. The van der Waals surface area contributed by atoms with Gasteiger partial charge in [0.05, 0.1) is 12.5 Å². The third-order valence-electron chi connectivity index (χ3n) is 3.71. The molecular weight excluding hydrogens is 292 g/mol. The Balaban J connectivity index is 0.00000161. The highest BCUT2D eigenvalue weighted by Gasteiger charge is 2.22. The molecule has 116 valence electrons. The summed E-state index contributed by atoms with van der Waals surface area (Å²) in [6.07, 6.45) is 1.86. The quantitative estimate of drug-likeness (QED) is 0.876. The van der Waals surface area contributed by atoms with Gasteiger partial charge in [-0.1, -0.05) is 0 Å². The van der Waals surface area contributed by atoms with Gasteiger partial charge in [0.2, 0.25) is 5.91 Å². The summed E-state index contributed by atoms with van der Waals surface area (Å²) in [4.78, 5) is 12.2. The minimum Gasteiger partial charge on any atom is -0.492 e. The molecule has 2 heterocycles. The highest BCUT2D eigenvalue weighted by molar-refractivity contribution is 5.92. The van der Waals surface area contributed by atoms with Gasteiger partial charge in [-0.25, -0.2) is 0 Å². The van der Waals surface area contributed by atoms with Crippen LogP contribution < -0.4 is 15.4 Å². The van der Waals surface area contributed by atoms with Crippen LogP contribution in [0.2, 0.25) is 0 Å². The van der Waals surface area contributed by atoms with Crippen LogP contribution in [0.3, 0.4) is 0 Å². The summed E-state index contributed by atoms with van der Waals surface area (Å²) in [7, 11) is 0. The van der Waals surface area contributed by atoms with Crippen LogP contribution in [0, 0.1) is 5.92 Å². The molecule has 2 aliphatic heterocycles. The van der Waals surface area contributed by atoms with Gasteiger partial charge in [0.25, 0.3) is 0 Å². The van der Waals surface area contributed by atoms with E-state index in [1.807, 2.05) is 18.2 Å². The van der Waals surface area contributed by atoms with E-state index in [0.717, 1.165) is 49.5 Å². The lowest BCUT2D eigenvalue weighted by Gasteiger charge is -2.21. The van der Waals surface area contributed by atoms with Gasteiger partial charge in [0, 0.05) is 30.9 Å². The minimum absolute atomic E-state index is 0. The Hall–Kier alpha value is -1.30. The van der Waals surface area contributed by atoms with Crippen LogP contribution in [0.25, 0.3) is 0 Å². The summed E-state index contributed by atoms with van der Waals surface area (Å²) in [5, 5.41) is 6.27. The third kappa shape index (κ3) is 4.09. The fourth-order valence-corrected chi connectivity index (χ4v) is 2.58. The Morgan fingerprint density at radius 2 is 2.24 bits per heavy atom. The molecule has 3 rings (SSSR count). The molecule has 1 atom stereocenters. The number of amides is 1. The van der Waals surface area contributed by atoms with E-state index in [4.69, 9.17) is 9.47 Å². The predicted molar refractivity (Wildman–Crippen MR) is 83.1 cm³/mol. The second kappa shape index (κ2) is 7.64. The number of ether oxygens (including phenoxy) is 2. The van der Waals surface area contributed by atoms with Crippen molar-refractivity contribution in [2.24, 2.45) is 5.92 Å². The number of halogens is 1. The van der Waals surface area contributed by atoms with E-state index in [-0.39, 0.29) is 24.2 Å². The van der Waals surface area contributed by atoms with Gasteiger partial charge < -0.3 is 20.1 Å². The van der Waals surface area contributed by atoms with Crippen molar-refractivity contribution < 1.29 is 14.3 Å². The summed E-state index contributed by atoms with van der Waals surface area (Å²) in [6, 6.07) is 5.80. The molecule has 0 spiro atoms. The van der Waals surface area contributed by atoms with E-state index in [9.17, 15) is 4.79 Å². The molecule has 0 aliphatic carbocycles. The molecule has 21 heavy (non-hydrogen) atoms. The maximum absolute atomic E-state index is 12.2. The maximum atomic E-state index is 12.2. The molecule has 1 aromatic rings. The van der Waals surface area contributed by atoms with Gasteiger partial charge in [-0.05, 0) is 31.0 Å². The fourth-order valence-electron chi connectivity index (χ4n) is 2.58. The number of hydrogen-bond donors (Lipinski definition) is 2. The second-order valence-electron chi connectivity index (χ2n) is 5.25. The molecule has 1 fully saturated rings. The molecule has 0 radical (unpaired) electrons. The number of anilines is 1. The largest absolute Gasteiger partial charge is 0.492 e. The SMILES string of the molecule is Cl.O=C(Nc1ccc2c(c1)CNCCO2)C1CCCOC1. The Morgan fingerprint density at radius 3 is 3.05 bits per heavy atom. The van der Waals surface area contributed by atoms with Crippen LogP contribution in [0.4, 0.5) is 5.69 Å². The van der Waals surface area contributed by atoms with E-state index < -0.39 is 0 Å². The first-order valence-corrected chi connectivity index (χ1v) is 7.18. The lowest BCUT2D eigenvalue weighted by Crippen LogP contribution is -2.30. The van der Waals surface area contributed by atoms with Crippen molar-refractivity contribution in [1.82, 2.24) is 5.32 Å². The molecule has 5 nitrogen and oxygen atoms in total. The Bertz CT molecular complexity index is 490. The molecule has 1 unspecified atom stereocenters. The van der Waals surface area contributed by atoms with Gasteiger partial charge in [0.15, 0.2) is 0 Å². The van der Waals surface area contributed by atoms with Gasteiger partial charge in [-0.15, -0.1) is 12.4 Å². The topological polar surface area (TPSA) is 59.6 Å². The van der Waals surface area contributed by atoms with Crippen LogP contribution in [0.5, 0.6) is 5.75 Å². The van der Waals surface area contributed by atoms with Crippen molar-refractivity contribution in [3.8, 4) is 5.75 Å². The fraction of sp³-hybridized carbons (Fsp3) is 0.533. The third-order valence-corrected chi connectivity index (χ3v) is 3.71. The van der Waals surface area contributed by atoms with Crippen molar-refractivity contribution in [3.63, 3.8) is 0 Å². The zero-order valence-corrected chi connectivity index (χ0v) is 12.7. The molecule has 0 saturated carbocycles. The Morgan fingerprint density at radius 1 is 1.33 bits per heavy atom. The minimum atomic E-state index is -0.0306. The molecule has 0 aromatic heterocycles. The van der Waals surface area contributed by atoms with Gasteiger partial charge >= 0.3 is 0 Å². The summed E-state index contributed by atoms with van der Waals surface area (Å²) < 4.78 is 11.0. The van der Waals surface area contributed by atoms with Gasteiger partial charge in [0.1, 0.15) is 12.4 Å². The molecule has 6 heteroatoms. The second-order valence-corrected chi connectivity index (χ2v) is 5.25. The number of hydrogen-bond acceptors (Lipinski definition) is 4. The van der Waals surface area contributed by atoms with Crippen LogP contribution in [0.1, 0.15) is 18.4 Å².